The third-order valence-corrected chi connectivity index (χ3v) is 3.74. The van der Waals surface area contributed by atoms with Crippen molar-refractivity contribution in [1.82, 2.24) is 0 Å². The summed E-state index contributed by atoms with van der Waals surface area (Å²) in [7, 11) is 0. The summed E-state index contributed by atoms with van der Waals surface area (Å²) < 4.78 is 0. The largest absolute Gasteiger partial charge is 0.299 e. The van der Waals surface area contributed by atoms with Crippen LogP contribution in [0, 0.1) is 17.3 Å². The van der Waals surface area contributed by atoms with Crippen LogP contribution in [0.2, 0.25) is 0 Å². The second kappa shape index (κ2) is 6.30. The summed E-state index contributed by atoms with van der Waals surface area (Å²) in [5, 5.41) is 0. The van der Waals surface area contributed by atoms with Crippen LogP contribution >= 0.6 is 0 Å². The van der Waals surface area contributed by atoms with E-state index >= 15 is 0 Å². The average Bonchev–Trinajstić information content (AvgIpc) is 2.20. The molecule has 0 spiro atoms. The number of carbonyl (C=O) groups is 1. The predicted octanol–water partition coefficient (Wildman–Crippen LogP) is 4.45. The van der Waals surface area contributed by atoms with Gasteiger partial charge in [0.05, 0.1) is 0 Å². The van der Waals surface area contributed by atoms with Gasteiger partial charge in [0.15, 0.2) is 0 Å². The molecule has 1 aliphatic carbocycles. The van der Waals surface area contributed by atoms with Crippen LogP contribution in [0.3, 0.4) is 0 Å². The fourth-order valence-corrected chi connectivity index (χ4v) is 2.27. The number of rotatable bonds is 2. The van der Waals surface area contributed by atoms with Gasteiger partial charge in [-0.05, 0) is 24.2 Å². The number of Topliss-reactive ketones (excluding diaryl/α,β-unsaturated/α-hetero) is 1. The monoisotopic (exact) mass is 212 g/mol. The molecule has 0 heterocycles. The summed E-state index contributed by atoms with van der Waals surface area (Å²) >= 11 is 0. The minimum absolute atomic E-state index is 0.219. The Morgan fingerprint density at radius 2 is 1.80 bits per heavy atom. The summed E-state index contributed by atoms with van der Waals surface area (Å²) in [6.07, 6.45) is 4.27. The quantitative estimate of drug-likeness (QED) is 0.660. The standard InChI is InChI=1S/C12H22O.C2H6/c1-5-12(3,4)10-7-6-9(2)8-11(10)13;1-2/h9-10H,5-8H2,1-4H3;1-2H3. The number of carbonyl (C=O) groups excluding carboxylic acids is 1. The number of ketones is 1. The van der Waals surface area contributed by atoms with Crippen LogP contribution in [0.4, 0.5) is 0 Å². The van der Waals surface area contributed by atoms with Crippen LogP contribution in [-0.2, 0) is 4.79 Å². The maximum absolute atomic E-state index is 11.8. The van der Waals surface area contributed by atoms with Crippen molar-refractivity contribution in [1.29, 1.82) is 0 Å². The lowest BCUT2D eigenvalue weighted by molar-refractivity contribution is -0.130. The molecule has 2 atom stereocenters. The Morgan fingerprint density at radius 3 is 2.20 bits per heavy atom. The van der Waals surface area contributed by atoms with Crippen molar-refractivity contribution in [2.75, 3.05) is 0 Å². The van der Waals surface area contributed by atoms with E-state index in [0.717, 1.165) is 19.3 Å². The van der Waals surface area contributed by atoms with E-state index in [1.54, 1.807) is 0 Å². The van der Waals surface area contributed by atoms with Crippen LogP contribution in [0.15, 0.2) is 0 Å². The first-order chi connectivity index (χ1) is 6.97. The second-order valence-electron chi connectivity index (χ2n) is 5.25. The molecule has 0 bridgehead atoms. The summed E-state index contributed by atoms with van der Waals surface area (Å²) in [6.45, 7) is 12.8. The van der Waals surface area contributed by atoms with Gasteiger partial charge in [0.1, 0.15) is 5.78 Å². The smallest absolute Gasteiger partial charge is 0.136 e. The molecule has 0 saturated heterocycles. The van der Waals surface area contributed by atoms with E-state index < -0.39 is 0 Å². The van der Waals surface area contributed by atoms with Gasteiger partial charge in [-0.25, -0.2) is 0 Å². The minimum Gasteiger partial charge on any atom is -0.299 e. The number of hydrogen-bond donors (Lipinski definition) is 0. The van der Waals surface area contributed by atoms with Crippen LogP contribution in [0.5, 0.6) is 0 Å². The molecule has 90 valence electrons. The zero-order valence-electron chi connectivity index (χ0n) is 11.4. The summed E-state index contributed by atoms with van der Waals surface area (Å²) in [5.74, 6) is 1.45. The highest BCUT2D eigenvalue weighted by Gasteiger charge is 2.36. The lowest BCUT2D eigenvalue weighted by Gasteiger charge is -2.36. The van der Waals surface area contributed by atoms with Gasteiger partial charge in [-0.2, -0.15) is 0 Å². The Bertz CT molecular complexity index is 194. The highest BCUT2D eigenvalue weighted by Crippen LogP contribution is 2.39. The van der Waals surface area contributed by atoms with Gasteiger partial charge in [0, 0.05) is 12.3 Å². The van der Waals surface area contributed by atoms with Crippen molar-refractivity contribution >= 4 is 5.78 Å². The molecule has 0 N–H and O–H groups in total. The molecule has 0 aromatic carbocycles. The van der Waals surface area contributed by atoms with Gasteiger partial charge >= 0.3 is 0 Å². The molecule has 15 heavy (non-hydrogen) atoms. The van der Waals surface area contributed by atoms with E-state index in [0.29, 0.717) is 17.6 Å². The molecule has 1 nitrogen and oxygen atoms in total. The zero-order chi connectivity index (χ0) is 12.1. The predicted molar refractivity (Wildman–Crippen MR) is 66.9 cm³/mol. The van der Waals surface area contributed by atoms with E-state index in [4.69, 9.17) is 0 Å². The van der Waals surface area contributed by atoms with Gasteiger partial charge in [-0.15, -0.1) is 0 Å². The van der Waals surface area contributed by atoms with Crippen molar-refractivity contribution in [2.45, 2.75) is 67.2 Å². The maximum atomic E-state index is 11.8. The molecule has 0 radical (unpaired) electrons. The normalized spacial score (nSPS) is 26.9. The molecule has 1 aliphatic rings. The summed E-state index contributed by atoms with van der Waals surface area (Å²) in [4.78, 5) is 11.8. The van der Waals surface area contributed by atoms with E-state index in [9.17, 15) is 4.79 Å². The van der Waals surface area contributed by atoms with Crippen LogP contribution in [0.25, 0.3) is 0 Å². The van der Waals surface area contributed by atoms with Gasteiger partial charge < -0.3 is 0 Å². The van der Waals surface area contributed by atoms with Crippen molar-refractivity contribution in [2.24, 2.45) is 17.3 Å². The molecule has 1 heteroatoms. The van der Waals surface area contributed by atoms with Crippen molar-refractivity contribution < 1.29 is 4.79 Å². The molecule has 0 aromatic heterocycles. The molecular weight excluding hydrogens is 184 g/mol. The molecular formula is C14H28O. The third kappa shape index (κ3) is 3.96. The Labute approximate surface area is 95.6 Å². The lowest BCUT2D eigenvalue weighted by atomic mass is 9.67. The average molecular weight is 212 g/mol. The Hall–Kier alpha value is -0.330. The van der Waals surface area contributed by atoms with E-state index in [-0.39, 0.29) is 5.41 Å². The molecule has 2 unspecified atom stereocenters. The van der Waals surface area contributed by atoms with Gasteiger partial charge in [0.2, 0.25) is 0 Å². The maximum Gasteiger partial charge on any atom is 0.136 e. The second-order valence-corrected chi connectivity index (χ2v) is 5.25. The fourth-order valence-electron chi connectivity index (χ4n) is 2.27. The summed E-state index contributed by atoms with van der Waals surface area (Å²) in [5.41, 5.74) is 0.219. The highest BCUT2D eigenvalue weighted by molar-refractivity contribution is 5.82. The topological polar surface area (TPSA) is 17.1 Å². The van der Waals surface area contributed by atoms with Crippen molar-refractivity contribution in [3.05, 3.63) is 0 Å². The molecule has 1 rings (SSSR count). The number of hydrogen-bond acceptors (Lipinski definition) is 1. The van der Waals surface area contributed by atoms with Crippen LogP contribution in [0.1, 0.15) is 67.2 Å². The Morgan fingerprint density at radius 1 is 1.27 bits per heavy atom. The fraction of sp³-hybridized carbons (Fsp3) is 0.929. The molecule has 1 saturated carbocycles. The van der Waals surface area contributed by atoms with Crippen LogP contribution < -0.4 is 0 Å². The first-order valence-electron chi connectivity index (χ1n) is 6.50. The molecule has 0 aromatic rings. The molecule has 0 aliphatic heterocycles. The molecule has 1 fully saturated rings. The highest BCUT2D eigenvalue weighted by atomic mass is 16.1. The first kappa shape index (κ1) is 14.7. The first-order valence-corrected chi connectivity index (χ1v) is 6.50. The zero-order valence-corrected chi connectivity index (χ0v) is 11.4. The Balaban J connectivity index is 0.000000921. The lowest BCUT2D eigenvalue weighted by Crippen LogP contribution is -2.34. The van der Waals surface area contributed by atoms with Crippen molar-refractivity contribution in [3.63, 3.8) is 0 Å². The van der Waals surface area contributed by atoms with Gasteiger partial charge in [-0.1, -0.05) is 48.0 Å². The van der Waals surface area contributed by atoms with Crippen molar-refractivity contribution in [3.8, 4) is 0 Å². The van der Waals surface area contributed by atoms with E-state index in [1.807, 2.05) is 13.8 Å². The summed E-state index contributed by atoms with van der Waals surface area (Å²) in [6, 6.07) is 0. The molecule has 0 amide bonds. The van der Waals surface area contributed by atoms with E-state index in [2.05, 4.69) is 27.7 Å². The van der Waals surface area contributed by atoms with Gasteiger partial charge in [-0.3, -0.25) is 4.79 Å². The third-order valence-electron chi connectivity index (χ3n) is 3.74. The van der Waals surface area contributed by atoms with Crippen LogP contribution in [-0.4, -0.2) is 5.78 Å². The Kier molecular flexibility index (Phi) is 6.16. The minimum atomic E-state index is 0.219. The SMILES string of the molecule is CC.CCC(C)(C)C1CCC(C)CC1=O. The van der Waals surface area contributed by atoms with E-state index in [1.165, 1.54) is 6.42 Å². The van der Waals surface area contributed by atoms with Gasteiger partial charge in [0.25, 0.3) is 0 Å².